The molecule has 52 heavy (non-hydrogen) atoms. The van der Waals surface area contributed by atoms with Gasteiger partial charge in [-0.1, -0.05) is 104 Å². The Bertz CT molecular complexity index is 1770. The molecular formula is C41H47BrCl2N4O4. The molecule has 1 fully saturated rings. The minimum absolute atomic E-state index is 0.0434. The lowest BCUT2D eigenvalue weighted by Crippen LogP contribution is -2.34. The normalized spacial score (nSPS) is 13.9. The van der Waals surface area contributed by atoms with E-state index in [0.29, 0.717) is 62.8 Å². The van der Waals surface area contributed by atoms with Gasteiger partial charge in [0.1, 0.15) is 13.2 Å². The van der Waals surface area contributed by atoms with Crippen molar-refractivity contribution in [2.45, 2.75) is 70.5 Å². The molecule has 1 saturated carbocycles. The molecule has 4 aromatic carbocycles. The van der Waals surface area contributed by atoms with Gasteiger partial charge >= 0.3 is 11.9 Å². The van der Waals surface area contributed by atoms with Crippen LogP contribution in [-0.4, -0.2) is 49.2 Å². The Morgan fingerprint density at radius 2 is 1.58 bits per heavy atom. The zero-order valence-electron chi connectivity index (χ0n) is 29.5. The van der Waals surface area contributed by atoms with Crippen molar-refractivity contribution in [2.24, 2.45) is 0 Å². The van der Waals surface area contributed by atoms with E-state index >= 15 is 0 Å². The number of nitrogens with two attached hydrogens (primary N) is 1. The molecule has 0 aromatic heterocycles. The molecule has 1 unspecified atom stereocenters. The van der Waals surface area contributed by atoms with E-state index < -0.39 is 5.97 Å². The van der Waals surface area contributed by atoms with E-state index in [2.05, 4.69) is 38.4 Å². The Balaban J connectivity index is 1.17. The molecule has 5 rings (SSSR count). The molecular weight excluding hydrogens is 763 g/mol. The van der Waals surface area contributed by atoms with Gasteiger partial charge in [0, 0.05) is 41.9 Å². The molecule has 0 radical (unpaired) electrons. The molecule has 0 aliphatic heterocycles. The molecule has 1 atom stereocenters. The smallest absolute Gasteiger partial charge is 0.338 e. The lowest BCUT2D eigenvalue weighted by molar-refractivity contribution is -0.143. The maximum absolute atomic E-state index is 13.3. The number of anilines is 3. The fourth-order valence-electron chi connectivity index (χ4n) is 6.53. The van der Waals surface area contributed by atoms with E-state index in [0.717, 1.165) is 36.0 Å². The van der Waals surface area contributed by atoms with Gasteiger partial charge < -0.3 is 25.8 Å². The van der Waals surface area contributed by atoms with E-state index in [1.807, 2.05) is 60.7 Å². The summed E-state index contributed by atoms with van der Waals surface area (Å²) < 4.78 is 12.2. The molecule has 4 aromatic rings. The number of carbonyl (C=O) groups excluding carboxylic acids is 2. The van der Waals surface area contributed by atoms with Crippen molar-refractivity contribution >= 4 is 68.1 Å². The third-order valence-electron chi connectivity index (χ3n) is 9.36. The van der Waals surface area contributed by atoms with Gasteiger partial charge in [-0.2, -0.15) is 0 Å². The molecule has 4 N–H and O–H groups in total. The number of hydrogen-bond acceptors (Lipinski definition) is 8. The minimum Gasteiger partial charge on any atom is -0.464 e. The lowest BCUT2D eigenvalue weighted by Gasteiger charge is -2.29. The second-order valence-corrected chi connectivity index (χ2v) is 14.8. The second kappa shape index (κ2) is 20.0. The quantitative estimate of drug-likeness (QED) is 0.0716. The molecule has 0 saturated heterocycles. The van der Waals surface area contributed by atoms with Gasteiger partial charge in [-0.3, -0.25) is 9.69 Å². The summed E-state index contributed by atoms with van der Waals surface area (Å²) in [6, 6.07) is 26.9. The van der Waals surface area contributed by atoms with E-state index in [-0.39, 0.29) is 31.6 Å². The summed E-state index contributed by atoms with van der Waals surface area (Å²) in [5, 5.41) is 8.01. The molecule has 0 heterocycles. The lowest BCUT2D eigenvalue weighted by atomic mass is 9.92. The molecule has 8 nitrogen and oxygen atoms in total. The third kappa shape index (κ3) is 11.4. The van der Waals surface area contributed by atoms with Crippen molar-refractivity contribution in [3.63, 3.8) is 0 Å². The first-order valence-electron chi connectivity index (χ1n) is 17.9. The third-order valence-corrected chi connectivity index (χ3v) is 10.6. The Kier molecular flexibility index (Phi) is 15.2. The number of esters is 2. The van der Waals surface area contributed by atoms with Gasteiger partial charge in [-0.05, 0) is 82.2 Å². The number of para-hydroxylation sites is 2. The summed E-state index contributed by atoms with van der Waals surface area (Å²) in [6.45, 7) is 3.98. The minimum atomic E-state index is -0.411. The predicted octanol–water partition coefficient (Wildman–Crippen LogP) is 9.90. The van der Waals surface area contributed by atoms with Crippen molar-refractivity contribution in [1.82, 2.24) is 10.2 Å². The predicted molar refractivity (Wildman–Crippen MR) is 214 cm³/mol. The molecule has 11 heteroatoms. The van der Waals surface area contributed by atoms with Crippen LogP contribution in [0.5, 0.6) is 0 Å². The SMILES string of the molecule is CCC(NC1CCCCC1)c1cc(C(=O)OCCN(CCOC(=O)Cc2ccccc2Nc2c(Cl)cccc2Cl)Cc2ccccc2)cc(Br)c1N. The van der Waals surface area contributed by atoms with Crippen LogP contribution < -0.4 is 16.4 Å². The average Bonchev–Trinajstić information content (AvgIpc) is 3.14. The van der Waals surface area contributed by atoms with Crippen LogP contribution in [0, 0.1) is 0 Å². The van der Waals surface area contributed by atoms with Crippen LogP contribution in [0.3, 0.4) is 0 Å². The second-order valence-electron chi connectivity index (χ2n) is 13.1. The van der Waals surface area contributed by atoms with E-state index in [9.17, 15) is 9.59 Å². The number of carbonyl (C=O) groups is 2. The highest BCUT2D eigenvalue weighted by molar-refractivity contribution is 9.10. The number of ether oxygens (including phenoxy) is 2. The van der Waals surface area contributed by atoms with Crippen LogP contribution in [0.2, 0.25) is 10.0 Å². The van der Waals surface area contributed by atoms with Crippen LogP contribution in [0.15, 0.2) is 89.4 Å². The number of halogens is 3. The van der Waals surface area contributed by atoms with E-state index in [1.54, 1.807) is 24.3 Å². The number of nitrogen functional groups attached to an aromatic ring is 1. The Hall–Kier alpha value is -3.60. The molecule has 1 aliphatic rings. The van der Waals surface area contributed by atoms with Crippen LogP contribution in [0.4, 0.5) is 17.1 Å². The fourth-order valence-corrected chi connectivity index (χ4v) is 7.50. The highest BCUT2D eigenvalue weighted by Crippen LogP contribution is 2.35. The van der Waals surface area contributed by atoms with Gasteiger partial charge in [-0.15, -0.1) is 0 Å². The summed E-state index contributed by atoms with van der Waals surface area (Å²) in [5.41, 5.74) is 11.7. The highest BCUT2D eigenvalue weighted by atomic mass is 79.9. The van der Waals surface area contributed by atoms with Crippen LogP contribution >= 0.6 is 39.1 Å². The zero-order valence-corrected chi connectivity index (χ0v) is 32.6. The largest absolute Gasteiger partial charge is 0.464 e. The maximum atomic E-state index is 13.3. The molecule has 0 bridgehead atoms. The van der Waals surface area contributed by atoms with Crippen molar-refractivity contribution in [1.29, 1.82) is 0 Å². The van der Waals surface area contributed by atoms with Crippen molar-refractivity contribution < 1.29 is 19.1 Å². The van der Waals surface area contributed by atoms with Crippen molar-refractivity contribution in [2.75, 3.05) is 37.4 Å². The molecule has 0 amide bonds. The average molecular weight is 811 g/mol. The van der Waals surface area contributed by atoms with Gasteiger partial charge in [-0.25, -0.2) is 4.79 Å². The van der Waals surface area contributed by atoms with Gasteiger partial charge in [0.2, 0.25) is 0 Å². The van der Waals surface area contributed by atoms with Gasteiger partial charge in [0.15, 0.2) is 0 Å². The van der Waals surface area contributed by atoms with Crippen LogP contribution in [0.25, 0.3) is 0 Å². The Labute approximate surface area is 325 Å². The van der Waals surface area contributed by atoms with Crippen LogP contribution in [0.1, 0.15) is 78.5 Å². The topological polar surface area (TPSA) is 106 Å². The first-order valence-corrected chi connectivity index (χ1v) is 19.5. The number of nitrogens with one attached hydrogen (secondary N) is 2. The maximum Gasteiger partial charge on any atom is 0.338 e. The van der Waals surface area contributed by atoms with E-state index in [4.69, 9.17) is 38.4 Å². The number of benzene rings is 4. The standard InChI is InChI=1S/C41H47BrCl2N4O4/c1-2-36(46-31-15-7-4-8-16-31)32-24-30(25-33(42)39(32)45)41(50)52-23-21-48(27-28-12-5-3-6-13-28)20-22-51-38(49)26-29-14-9-10-19-37(29)47-40-34(43)17-11-18-35(40)44/h3,5-6,9-14,17-19,24-25,31,36,46-47H,2,4,7-8,15-16,20-23,26-27,45H2,1H3. The molecule has 0 spiro atoms. The Morgan fingerprint density at radius 3 is 2.29 bits per heavy atom. The first-order chi connectivity index (χ1) is 25.2. The number of hydrogen-bond donors (Lipinski definition) is 3. The van der Waals surface area contributed by atoms with Gasteiger partial charge in [0.25, 0.3) is 0 Å². The summed E-state index contributed by atoms with van der Waals surface area (Å²) in [4.78, 5) is 28.5. The van der Waals surface area contributed by atoms with Crippen molar-refractivity contribution in [3.8, 4) is 0 Å². The number of rotatable bonds is 17. The zero-order chi connectivity index (χ0) is 36.9. The van der Waals surface area contributed by atoms with Crippen molar-refractivity contribution in [3.05, 3.63) is 122 Å². The monoisotopic (exact) mass is 808 g/mol. The fraction of sp³-hybridized carbons (Fsp3) is 0.366. The molecule has 276 valence electrons. The van der Waals surface area contributed by atoms with Crippen LogP contribution in [-0.2, 0) is 27.2 Å². The number of nitrogens with zero attached hydrogens (tertiary/aromatic N) is 1. The Morgan fingerprint density at radius 1 is 0.904 bits per heavy atom. The summed E-state index contributed by atoms with van der Waals surface area (Å²) in [5.74, 6) is -0.774. The summed E-state index contributed by atoms with van der Waals surface area (Å²) in [6.07, 6.45) is 6.98. The highest BCUT2D eigenvalue weighted by Gasteiger charge is 2.23. The summed E-state index contributed by atoms with van der Waals surface area (Å²) >= 11 is 16.3. The van der Waals surface area contributed by atoms with Gasteiger partial charge in [0.05, 0.1) is 33.4 Å². The molecule has 1 aliphatic carbocycles. The first kappa shape index (κ1) is 39.6. The van der Waals surface area contributed by atoms with E-state index in [1.165, 1.54) is 19.3 Å². The summed E-state index contributed by atoms with van der Waals surface area (Å²) in [7, 11) is 0.